The molecule has 2 aliphatic heterocycles. The number of fused-ring (bicyclic) bond motifs is 1. The number of ether oxygens (including phenoxy) is 1. The second kappa shape index (κ2) is 9.82. The smallest absolute Gasteiger partial charge is 0.317 e. The van der Waals surface area contributed by atoms with Gasteiger partial charge in [0.05, 0.1) is 44.7 Å². The quantitative estimate of drug-likeness (QED) is 0.491. The van der Waals surface area contributed by atoms with Crippen LogP contribution >= 0.6 is 0 Å². The zero-order valence-electron chi connectivity index (χ0n) is 18.9. The standard InChI is InChI=1S/C25H30N4O4/c1-2-25(26)22-15-21(8-7-19(22)9-10-28(25)17-23(30)31)24(32)20-5-3-18(4-6-20)16-27-29-11-13-33-14-12-29/h3-8,15-16H,2,9-14,17,26H2,1H3,(H,30,31). The van der Waals surface area contributed by atoms with Crippen LogP contribution in [-0.2, 0) is 21.6 Å². The largest absolute Gasteiger partial charge is 0.480 e. The van der Waals surface area contributed by atoms with Crippen molar-refractivity contribution in [3.63, 3.8) is 0 Å². The van der Waals surface area contributed by atoms with Crippen molar-refractivity contribution in [2.75, 3.05) is 39.4 Å². The molecule has 2 aliphatic rings. The molecule has 2 aromatic carbocycles. The molecule has 33 heavy (non-hydrogen) atoms. The molecule has 0 saturated carbocycles. The van der Waals surface area contributed by atoms with Gasteiger partial charge in [-0.25, -0.2) is 0 Å². The molecule has 174 valence electrons. The molecular weight excluding hydrogens is 420 g/mol. The highest BCUT2D eigenvalue weighted by Gasteiger charge is 2.39. The number of carboxylic acid groups (broad SMARTS) is 1. The minimum atomic E-state index is -0.915. The first-order chi connectivity index (χ1) is 15.9. The first-order valence-corrected chi connectivity index (χ1v) is 11.3. The predicted molar refractivity (Wildman–Crippen MR) is 125 cm³/mol. The number of benzene rings is 2. The fourth-order valence-electron chi connectivity index (χ4n) is 4.47. The average Bonchev–Trinajstić information content (AvgIpc) is 2.84. The normalized spacial score (nSPS) is 21.2. The van der Waals surface area contributed by atoms with Crippen LogP contribution in [0.1, 0.15) is 46.0 Å². The first kappa shape index (κ1) is 23.1. The summed E-state index contributed by atoms with van der Waals surface area (Å²) in [6.07, 6.45) is 3.04. The maximum Gasteiger partial charge on any atom is 0.317 e. The maximum absolute atomic E-state index is 13.2. The summed E-state index contributed by atoms with van der Waals surface area (Å²) in [5, 5.41) is 15.7. The Labute approximate surface area is 193 Å². The van der Waals surface area contributed by atoms with Crippen LogP contribution in [0, 0.1) is 0 Å². The molecule has 0 aliphatic carbocycles. The van der Waals surface area contributed by atoms with Gasteiger partial charge in [0.1, 0.15) is 0 Å². The van der Waals surface area contributed by atoms with Crippen molar-refractivity contribution in [2.24, 2.45) is 10.8 Å². The zero-order valence-corrected chi connectivity index (χ0v) is 18.9. The lowest BCUT2D eigenvalue weighted by atomic mass is 9.84. The summed E-state index contributed by atoms with van der Waals surface area (Å²) in [6.45, 7) is 5.30. The van der Waals surface area contributed by atoms with E-state index in [-0.39, 0.29) is 12.3 Å². The SMILES string of the molecule is CCC1(N)c2cc(C(=O)c3ccc(C=NN4CCOCC4)cc3)ccc2CCN1CC(=O)O. The molecule has 4 rings (SSSR count). The van der Waals surface area contributed by atoms with Gasteiger partial charge < -0.3 is 15.6 Å². The minimum Gasteiger partial charge on any atom is -0.480 e. The van der Waals surface area contributed by atoms with Gasteiger partial charge >= 0.3 is 5.97 Å². The van der Waals surface area contributed by atoms with Gasteiger partial charge in [0.15, 0.2) is 5.78 Å². The topological polar surface area (TPSA) is 108 Å². The average molecular weight is 451 g/mol. The van der Waals surface area contributed by atoms with Crippen LogP contribution in [0.5, 0.6) is 0 Å². The molecule has 1 saturated heterocycles. The second-order valence-electron chi connectivity index (χ2n) is 8.48. The number of nitrogens with zero attached hydrogens (tertiary/aromatic N) is 3. The Morgan fingerprint density at radius 2 is 1.82 bits per heavy atom. The van der Waals surface area contributed by atoms with E-state index in [2.05, 4.69) is 5.10 Å². The number of morpholine rings is 1. The van der Waals surface area contributed by atoms with E-state index in [4.69, 9.17) is 10.5 Å². The van der Waals surface area contributed by atoms with Gasteiger partial charge in [-0.05, 0) is 35.6 Å². The van der Waals surface area contributed by atoms with Gasteiger partial charge in [-0.3, -0.25) is 19.5 Å². The highest BCUT2D eigenvalue weighted by atomic mass is 16.5. The van der Waals surface area contributed by atoms with Crippen LogP contribution in [0.25, 0.3) is 0 Å². The summed E-state index contributed by atoms with van der Waals surface area (Å²) in [5.74, 6) is -1.01. The maximum atomic E-state index is 13.2. The van der Waals surface area contributed by atoms with Crippen molar-refractivity contribution in [3.8, 4) is 0 Å². The van der Waals surface area contributed by atoms with Crippen molar-refractivity contribution >= 4 is 18.0 Å². The zero-order chi connectivity index (χ0) is 23.4. The highest BCUT2D eigenvalue weighted by molar-refractivity contribution is 6.09. The number of ketones is 1. The summed E-state index contributed by atoms with van der Waals surface area (Å²) in [4.78, 5) is 26.3. The van der Waals surface area contributed by atoms with E-state index in [0.29, 0.717) is 43.7 Å². The summed E-state index contributed by atoms with van der Waals surface area (Å²) in [7, 11) is 0. The molecule has 8 heteroatoms. The van der Waals surface area contributed by atoms with Crippen molar-refractivity contribution in [1.82, 2.24) is 9.91 Å². The summed E-state index contributed by atoms with van der Waals surface area (Å²) in [6, 6.07) is 13.0. The van der Waals surface area contributed by atoms with E-state index >= 15 is 0 Å². The number of hydrogen-bond acceptors (Lipinski definition) is 7. The third-order valence-electron chi connectivity index (χ3n) is 6.45. The fraction of sp³-hybridized carbons (Fsp3) is 0.400. The van der Waals surface area contributed by atoms with Crippen molar-refractivity contribution < 1.29 is 19.4 Å². The summed E-state index contributed by atoms with van der Waals surface area (Å²) in [5.41, 5.74) is 9.73. The van der Waals surface area contributed by atoms with E-state index < -0.39 is 11.6 Å². The molecule has 0 radical (unpaired) electrons. The van der Waals surface area contributed by atoms with Crippen LogP contribution in [0.15, 0.2) is 47.6 Å². The number of hydrogen-bond donors (Lipinski definition) is 2. The third kappa shape index (κ3) is 4.98. The van der Waals surface area contributed by atoms with Crippen molar-refractivity contribution in [2.45, 2.75) is 25.4 Å². The molecule has 2 heterocycles. The summed E-state index contributed by atoms with van der Waals surface area (Å²) < 4.78 is 5.32. The van der Waals surface area contributed by atoms with Crippen LogP contribution in [-0.4, -0.2) is 72.4 Å². The molecule has 1 fully saturated rings. The van der Waals surface area contributed by atoms with Gasteiger partial charge in [-0.2, -0.15) is 5.10 Å². The Kier molecular flexibility index (Phi) is 6.88. The van der Waals surface area contributed by atoms with Gasteiger partial charge in [0.2, 0.25) is 0 Å². The van der Waals surface area contributed by atoms with Crippen LogP contribution in [0.3, 0.4) is 0 Å². The molecule has 8 nitrogen and oxygen atoms in total. The number of rotatable bonds is 7. The second-order valence-corrected chi connectivity index (χ2v) is 8.48. The number of carbonyl (C=O) groups is 2. The fourth-order valence-corrected chi connectivity index (χ4v) is 4.47. The summed E-state index contributed by atoms with van der Waals surface area (Å²) >= 11 is 0. The highest BCUT2D eigenvalue weighted by Crippen LogP contribution is 2.35. The molecule has 3 N–H and O–H groups in total. The number of hydrazone groups is 1. The molecule has 0 bridgehead atoms. The minimum absolute atomic E-state index is 0.0942. The van der Waals surface area contributed by atoms with E-state index in [9.17, 15) is 14.7 Å². The van der Waals surface area contributed by atoms with E-state index in [1.807, 2.05) is 42.3 Å². The van der Waals surface area contributed by atoms with E-state index in [0.717, 1.165) is 29.8 Å². The Morgan fingerprint density at radius 3 is 2.48 bits per heavy atom. The number of carbonyl (C=O) groups excluding carboxylic acids is 1. The molecule has 1 unspecified atom stereocenters. The van der Waals surface area contributed by atoms with Crippen LogP contribution in [0.2, 0.25) is 0 Å². The number of aliphatic carboxylic acids is 1. The predicted octanol–water partition coefficient (Wildman–Crippen LogP) is 2.05. The van der Waals surface area contributed by atoms with Crippen molar-refractivity contribution in [3.05, 3.63) is 70.3 Å². The van der Waals surface area contributed by atoms with E-state index in [1.165, 1.54) is 0 Å². The molecular formula is C25H30N4O4. The molecule has 0 aromatic heterocycles. The number of nitrogens with two attached hydrogens (primary N) is 1. The van der Waals surface area contributed by atoms with Gasteiger partial charge in [0.25, 0.3) is 0 Å². The number of carboxylic acids is 1. The van der Waals surface area contributed by atoms with Gasteiger partial charge in [-0.1, -0.05) is 43.3 Å². The molecule has 1 atom stereocenters. The molecule has 2 aromatic rings. The van der Waals surface area contributed by atoms with E-state index in [1.54, 1.807) is 23.2 Å². The molecule has 0 amide bonds. The Hall–Kier alpha value is -3.07. The molecule has 0 spiro atoms. The first-order valence-electron chi connectivity index (χ1n) is 11.3. The lowest BCUT2D eigenvalue weighted by molar-refractivity contribution is -0.140. The van der Waals surface area contributed by atoms with Crippen molar-refractivity contribution in [1.29, 1.82) is 0 Å². The van der Waals surface area contributed by atoms with Gasteiger partial charge in [-0.15, -0.1) is 0 Å². The Bertz CT molecular complexity index is 1050. The van der Waals surface area contributed by atoms with Crippen LogP contribution < -0.4 is 5.73 Å². The lowest BCUT2D eigenvalue weighted by Crippen LogP contribution is -2.57. The lowest BCUT2D eigenvalue weighted by Gasteiger charge is -2.44. The Balaban J connectivity index is 1.54. The van der Waals surface area contributed by atoms with Crippen LogP contribution in [0.4, 0.5) is 0 Å². The monoisotopic (exact) mass is 450 g/mol. The van der Waals surface area contributed by atoms with Gasteiger partial charge in [0, 0.05) is 17.7 Å². The Morgan fingerprint density at radius 1 is 1.12 bits per heavy atom. The third-order valence-corrected chi connectivity index (χ3v) is 6.45.